The van der Waals surface area contributed by atoms with Gasteiger partial charge in [-0.3, -0.25) is 0 Å². The summed E-state index contributed by atoms with van der Waals surface area (Å²) < 4.78 is 0. The first kappa shape index (κ1) is 106. The minimum absolute atomic E-state index is 0. The fourth-order valence-corrected chi connectivity index (χ4v) is 0. The molecule has 1 radical (unpaired) electrons. The summed E-state index contributed by atoms with van der Waals surface area (Å²) in [5.74, 6) is 0. The minimum atomic E-state index is 0. The van der Waals surface area contributed by atoms with Crippen LogP contribution < -0.4 is 12.3 Å². The van der Waals surface area contributed by atoms with Crippen molar-refractivity contribution in [2.24, 2.45) is 0 Å². The van der Waals surface area contributed by atoms with Crippen molar-refractivity contribution in [3.05, 3.63) is 26.3 Å². The third kappa shape index (κ3) is 9640. The molecular formula is C4H15CuN2O+. The Labute approximate surface area is 61.8 Å². The molecule has 4 heteroatoms. The van der Waals surface area contributed by atoms with Gasteiger partial charge in [-0.15, -0.1) is 26.3 Å². The maximum absolute atomic E-state index is 3.00. The van der Waals surface area contributed by atoms with E-state index in [4.69, 9.17) is 0 Å². The van der Waals surface area contributed by atoms with Crippen LogP contribution in [0.1, 0.15) is 0 Å². The van der Waals surface area contributed by atoms with Crippen molar-refractivity contribution < 1.29 is 22.5 Å². The van der Waals surface area contributed by atoms with E-state index in [-0.39, 0.29) is 34.8 Å². The van der Waals surface area contributed by atoms with Crippen molar-refractivity contribution in [1.29, 1.82) is 0 Å². The van der Waals surface area contributed by atoms with Gasteiger partial charge in [-0.05, 0) is 0 Å². The molecule has 0 spiro atoms. The van der Waals surface area contributed by atoms with E-state index in [2.05, 4.69) is 26.3 Å². The van der Waals surface area contributed by atoms with Crippen LogP contribution in [-0.2, 0) is 17.1 Å². The molecular weight excluding hydrogens is 156 g/mol. The van der Waals surface area contributed by atoms with Crippen LogP contribution in [0.2, 0.25) is 0 Å². The quantitative estimate of drug-likeness (QED) is 0.428. The molecule has 0 atom stereocenters. The molecule has 3 nitrogen and oxygen atoms in total. The molecule has 0 amide bonds. The fourth-order valence-electron chi connectivity index (χ4n) is 0. The first-order valence-electron chi connectivity index (χ1n) is 1.000. The van der Waals surface area contributed by atoms with Crippen LogP contribution in [0, 0.1) is 0 Å². The summed E-state index contributed by atoms with van der Waals surface area (Å²) in [5.41, 5.74) is 0. The van der Waals surface area contributed by atoms with Gasteiger partial charge in [0.25, 0.3) is 0 Å². The van der Waals surface area contributed by atoms with Gasteiger partial charge in [0.15, 0.2) is 0 Å². The van der Waals surface area contributed by atoms with Gasteiger partial charge < -0.3 is 17.8 Å². The second kappa shape index (κ2) is 16400. The Kier molecular flexibility index (Phi) is 216000. The largest absolute Gasteiger partial charge is 2.00 e. The second-order valence-corrected chi connectivity index (χ2v) is 0. The Morgan fingerprint density at radius 2 is 0.625 bits per heavy atom. The predicted molar refractivity (Wildman–Crippen MR) is 34.5 cm³/mol. The Hall–Kier alpha value is -0.121. The second-order valence-electron chi connectivity index (χ2n) is 0. The van der Waals surface area contributed by atoms with E-state index in [1.165, 1.54) is 0 Å². The molecule has 0 heterocycles. The molecule has 0 aliphatic rings. The topological polar surface area (TPSA) is 100 Å². The molecule has 0 aromatic carbocycles. The van der Waals surface area contributed by atoms with Crippen molar-refractivity contribution in [1.82, 2.24) is 12.3 Å². The van der Waals surface area contributed by atoms with Crippen molar-refractivity contribution in [2.45, 2.75) is 0 Å². The first-order valence-corrected chi connectivity index (χ1v) is 1.000. The van der Waals surface area contributed by atoms with Gasteiger partial charge in [0, 0.05) is 0 Å². The Morgan fingerprint density at radius 1 is 0.625 bits per heavy atom. The molecule has 0 rings (SSSR count). The molecule has 0 fully saturated rings. The van der Waals surface area contributed by atoms with E-state index < -0.39 is 0 Å². The zero-order chi connectivity index (χ0) is 4.00. The van der Waals surface area contributed by atoms with Crippen molar-refractivity contribution >= 4 is 0 Å². The number of rotatable bonds is 0. The molecule has 0 saturated heterocycles. The Bertz CT molecular complexity index is 16.0. The van der Waals surface area contributed by atoms with Gasteiger partial charge in [0.05, 0.1) is 0 Å². The molecule has 57 valence electrons. The molecule has 0 aromatic heterocycles. The summed E-state index contributed by atoms with van der Waals surface area (Å²) in [6, 6.07) is 0. The summed E-state index contributed by atoms with van der Waals surface area (Å²) >= 11 is 0. The third-order valence-electron chi connectivity index (χ3n) is 0. The molecule has 0 aliphatic carbocycles. The van der Waals surface area contributed by atoms with Crippen LogP contribution in [0.4, 0.5) is 0 Å². The van der Waals surface area contributed by atoms with Crippen molar-refractivity contribution in [2.75, 3.05) is 0 Å². The molecule has 0 unspecified atom stereocenters. The molecule has 0 bridgehead atoms. The summed E-state index contributed by atoms with van der Waals surface area (Å²) in [4.78, 5) is 0. The van der Waals surface area contributed by atoms with Crippen LogP contribution in [0.3, 0.4) is 0 Å². The fraction of sp³-hybridized carbons (Fsp3) is 0. The normalized spacial score (nSPS) is 1.00. The molecule has 7 N–H and O–H groups in total. The summed E-state index contributed by atoms with van der Waals surface area (Å²) in [6.45, 7) is 12.0. The monoisotopic (exact) mass is 170 g/mol. The third-order valence-corrected chi connectivity index (χ3v) is 0. The van der Waals surface area contributed by atoms with Crippen molar-refractivity contribution in [3.63, 3.8) is 0 Å². The Morgan fingerprint density at radius 3 is 0.625 bits per heavy atom. The molecule has 0 saturated carbocycles. The van der Waals surface area contributed by atoms with E-state index in [0.717, 1.165) is 0 Å². The summed E-state index contributed by atoms with van der Waals surface area (Å²) in [5, 5.41) is 0. The van der Waals surface area contributed by atoms with E-state index >= 15 is 0 Å². The minimum Gasteiger partial charge on any atom is -0.870 e. The zero-order valence-corrected chi connectivity index (χ0v) is 5.93. The standard InChI is InChI=1S/2C2H4.Cu.2H3N.H2O/c2*1-2;;;;/h2*1-2H2;;2*1H3;1H2/q;;+2;;;/p-1. The predicted octanol–water partition coefficient (Wildman–Crippen LogP) is 1.75. The van der Waals surface area contributed by atoms with E-state index in [9.17, 15) is 0 Å². The maximum atomic E-state index is 3.00. The summed E-state index contributed by atoms with van der Waals surface area (Å²) in [7, 11) is 0. The molecule has 8 heavy (non-hydrogen) atoms. The van der Waals surface area contributed by atoms with Gasteiger partial charge in [-0.1, -0.05) is 0 Å². The van der Waals surface area contributed by atoms with Crippen LogP contribution in [-0.4, -0.2) is 5.48 Å². The number of hydrogen-bond acceptors (Lipinski definition) is 3. The van der Waals surface area contributed by atoms with Crippen LogP contribution >= 0.6 is 0 Å². The van der Waals surface area contributed by atoms with Crippen LogP contribution in [0.25, 0.3) is 0 Å². The van der Waals surface area contributed by atoms with Crippen LogP contribution in [0.15, 0.2) is 26.3 Å². The van der Waals surface area contributed by atoms with Gasteiger partial charge in [-0.25, -0.2) is 0 Å². The number of hydrogen-bond donors (Lipinski definition) is 2. The molecule has 0 aliphatic heterocycles. The molecule has 0 aromatic rings. The van der Waals surface area contributed by atoms with E-state index in [0.29, 0.717) is 0 Å². The average molecular weight is 171 g/mol. The average Bonchev–Trinajstić information content (AvgIpc) is 1.50. The SMILES string of the molecule is C=C.C=C.N.N.[Cu+2].[OH-]. The van der Waals surface area contributed by atoms with Gasteiger partial charge in [-0.2, -0.15) is 0 Å². The summed E-state index contributed by atoms with van der Waals surface area (Å²) in [6.07, 6.45) is 0. The van der Waals surface area contributed by atoms with Gasteiger partial charge in [0.2, 0.25) is 0 Å². The van der Waals surface area contributed by atoms with Gasteiger partial charge >= 0.3 is 17.1 Å². The Balaban J connectivity index is -0.00000000167. The van der Waals surface area contributed by atoms with Gasteiger partial charge in [0.1, 0.15) is 0 Å². The smallest absolute Gasteiger partial charge is 0.870 e. The zero-order valence-electron chi connectivity index (χ0n) is 4.99. The maximum Gasteiger partial charge on any atom is 2.00 e. The van der Waals surface area contributed by atoms with Crippen LogP contribution in [0.5, 0.6) is 0 Å². The van der Waals surface area contributed by atoms with Crippen molar-refractivity contribution in [3.8, 4) is 0 Å². The van der Waals surface area contributed by atoms with E-state index in [1.807, 2.05) is 0 Å². The first-order chi connectivity index (χ1) is 2.00. The van der Waals surface area contributed by atoms with E-state index in [1.54, 1.807) is 0 Å².